The Morgan fingerprint density at radius 3 is 2.72 bits per heavy atom. The second-order valence-electron chi connectivity index (χ2n) is 4.42. The molecule has 1 N–H and O–H groups in total. The van der Waals surface area contributed by atoms with Crippen molar-refractivity contribution in [2.24, 2.45) is 0 Å². The van der Waals surface area contributed by atoms with E-state index in [0.29, 0.717) is 0 Å². The molecule has 18 heavy (non-hydrogen) atoms. The first-order valence-corrected chi connectivity index (χ1v) is 7.31. The molecule has 2 heterocycles. The van der Waals surface area contributed by atoms with Crippen molar-refractivity contribution in [3.8, 4) is 0 Å². The molecule has 5 heteroatoms. The average molecular weight is 265 g/mol. The van der Waals surface area contributed by atoms with E-state index >= 15 is 0 Å². The molecule has 0 unspecified atom stereocenters. The van der Waals surface area contributed by atoms with Crippen molar-refractivity contribution in [2.45, 2.75) is 33.2 Å². The Kier molecular flexibility index (Phi) is 4.49. The van der Waals surface area contributed by atoms with E-state index in [2.05, 4.69) is 28.7 Å². The number of thiophene rings is 1. The van der Waals surface area contributed by atoms with Crippen LogP contribution in [0, 0.1) is 0 Å². The highest BCUT2D eigenvalue weighted by Crippen LogP contribution is 2.14. The van der Waals surface area contributed by atoms with Gasteiger partial charge in [-0.1, -0.05) is 13.8 Å². The molecule has 0 saturated carbocycles. The van der Waals surface area contributed by atoms with Crippen LogP contribution < -0.4 is 5.56 Å². The summed E-state index contributed by atoms with van der Waals surface area (Å²) in [5, 5.41) is 1.91. The van der Waals surface area contributed by atoms with Crippen molar-refractivity contribution in [2.75, 3.05) is 13.1 Å². The lowest BCUT2D eigenvalue weighted by Gasteiger charge is -2.19. The number of H-pyrrole nitrogens is 1. The molecular formula is C13H19N3OS. The number of aromatic amines is 1. The molecule has 0 amide bonds. The summed E-state index contributed by atoms with van der Waals surface area (Å²) in [7, 11) is 0. The van der Waals surface area contributed by atoms with Gasteiger partial charge in [-0.15, -0.1) is 11.3 Å². The zero-order valence-electron chi connectivity index (χ0n) is 10.9. The molecule has 0 aliphatic heterocycles. The molecule has 0 aromatic carbocycles. The van der Waals surface area contributed by atoms with Gasteiger partial charge in [0, 0.05) is 0 Å². The minimum absolute atomic E-state index is 0.0158. The Balaban J connectivity index is 2.21. The van der Waals surface area contributed by atoms with E-state index in [1.165, 1.54) is 11.3 Å². The minimum Gasteiger partial charge on any atom is -0.308 e. The Bertz CT molecular complexity index is 555. The van der Waals surface area contributed by atoms with Crippen LogP contribution in [-0.2, 0) is 6.54 Å². The third kappa shape index (κ3) is 2.97. The lowest BCUT2D eigenvalue weighted by molar-refractivity contribution is 0.260. The van der Waals surface area contributed by atoms with Gasteiger partial charge in [-0.3, -0.25) is 9.69 Å². The second-order valence-corrected chi connectivity index (χ2v) is 5.34. The summed E-state index contributed by atoms with van der Waals surface area (Å²) in [5.41, 5.74) is 0.796. The van der Waals surface area contributed by atoms with E-state index < -0.39 is 0 Å². The van der Waals surface area contributed by atoms with Crippen LogP contribution in [-0.4, -0.2) is 28.0 Å². The van der Waals surface area contributed by atoms with Crippen molar-refractivity contribution < 1.29 is 0 Å². The number of nitrogens with zero attached hydrogens (tertiary/aromatic N) is 2. The van der Waals surface area contributed by atoms with Crippen LogP contribution in [0.1, 0.15) is 32.5 Å². The van der Waals surface area contributed by atoms with Crippen LogP contribution in [0.15, 0.2) is 16.2 Å². The lowest BCUT2D eigenvalue weighted by Crippen LogP contribution is -2.27. The molecule has 4 nitrogen and oxygen atoms in total. The summed E-state index contributed by atoms with van der Waals surface area (Å²) in [4.78, 5) is 21.6. The largest absolute Gasteiger partial charge is 0.308 e. The first-order valence-electron chi connectivity index (χ1n) is 6.43. The van der Waals surface area contributed by atoms with Crippen LogP contribution in [0.4, 0.5) is 0 Å². The molecule has 0 aliphatic rings. The van der Waals surface area contributed by atoms with Crippen LogP contribution in [0.2, 0.25) is 0 Å². The number of aromatic nitrogens is 2. The van der Waals surface area contributed by atoms with Gasteiger partial charge in [-0.05, 0) is 37.4 Å². The molecule has 98 valence electrons. The van der Waals surface area contributed by atoms with Crippen molar-refractivity contribution in [3.63, 3.8) is 0 Å². The Hall–Kier alpha value is -1.20. The summed E-state index contributed by atoms with van der Waals surface area (Å²) in [6.45, 7) is 7.14. The fraction of sp³-hybridized carbons (Fsp3) is 0.538. The highest BCUT2D eigenvalue weighted by atomic mass is 32.1. The molecule has 0 atom stereocenters. The summed E-state index contributed by atoms with van der Waals surface area (Å²) >= 11 is 1.44. The summed E-state index contributed by atoms with van der Waals surface area (Å²) in [5.74, 6) is 0.771. The topological polar surface area (TPSA) is 49.0 Å². The van der Waals surface area contributed by atoms with Crippen molar-refractivity contribution >= 4 is 21.6 Å². The summed E-state index contributed by atoms with van der Waals surface area (Å²) in [6, 6.07) is 1.91. The van der Waals surface area contributed by atoms with Gasteiger partial charge in [0.05, 0.1) is 12.1 Å². The summed E-state index contributed by atoms with van der Waals surface area (Å²) < 4.78 is 0.719. The predicted molar refractivity (Wildman–Crippen MR) is 76.1 cm³/mol. The lowest BCUT2D eigenvalue weighted by atomic mass is 10.3. The zero-order valence-corrected chi connectivity index (χ0v) is 11.7. The smallest absolute Gasteiger partial charge is 0.268 e. The molecule has 2 rings (SSSR count). The molecule has 0 saturated heterocycles. The highest BCUT2D eigenvalue weighted by molar-refractivity contribution is 7.17. The van der Waals surface area contributed by atoms with Crippen LogP contribution >= 0.6 is 11.3 Å². The second kappa shape index (κ2) is 6.11. The maximum Gasteiger partial charge on any atom is 0.268 e. The highest BCUT2D eigenvalue weighted by Gasteiger charge is 2.08. The normalized spacial score (nSPS) is 11.5. The van der Waals surface area contributed by atoms with Gasteiger partial charge in [0.1, 0.15) is 10.5 Å². The minimum atomic E-state index is -0.0158. The van der Waals surface area contributed by atoms with Gasteiger partial charge in [0.2, 0.25) is 0 Å². The van der Waals surface area contributed by atoms with Gasteiger partial charge in [-0.25, -0.2) is 4.98 Å². The van der Waals surface area contributed by atoms with Crippen molar-refractivity contribution in [1.82, 2.24) is 14.9 Å². The van der Waals surface area contributed by atoms with Crippen LogP contribution in [0.5, 0.6) is 0 Å². The predicted octanol–water partition coefficient (Wildman–Crippen LogP) is 2.61. The molecule has 0 bridgehead atoms. The van der Waals surface area contributed by atoms with E-state index in [0.717, 1.165) is 48.5 Å². The van der Waals surface area contributed by atoms with Crippen molar-refractivity contribution in [1.29, 1.82) is 0 Å². The number of rotatable bonds is 6. The first-order chi connectivity index (χ1) is 8.74. The Labute approximate surface area is 111 Å². The van der Waals surface area contributed by atoms with E-state index in [1.807, 2.05) is 11.4 Å². The Morgan fingerprint density at radius 1 is 1.33 bits per heavy atom. The Morgan fingerprint density at radius 2 is 2.06 bits per heavy atom. The third-order valence-corrected chi connectivity index (χ3v) is 3.72. The van der Waals surface area contributed by atoms with Crippen LogP contribution in [0.3, 0.4) is 0 Å². The van der Waals surface area contributed by atoms with E-state index in [9.17, 15) is 4.79 Å². The van der Waals surface area contributed by atoms with Crippen molar-refractivity contribution in [3.05, 3.63) is 27.6 Å². The molecular weight excluding hydrogens is 246 g/mol. The van der Waals surface area contributed by atoms with Gasteiger partial charge < -0.3 is 4.98 Å². The third-order valence-electron chi connectivity index (χ3n) is 2.82. The zero-order chi connectivity index (χ0) is 13.0. The van der Waals surface area contributed by atoms with Gasteiger partial charge in [0.15, 0.2) is 0 Å². The quantitative estimate of drug-likeness (QED) is 0.873. The number of hydrogen-bond acceptors (Lipinski definition) is 4. The molecule has 0 aliphatic carbocycles. The fourth-order valence-corrected chi connectivity index (χ4v) is 2.84. The molecule has 0 radical (unpaired) electrons. The fourth-order valence-electron chi connectivity index (χ4n) is 2.11. The maximum atomic E-state index is 11.9. The van der Waals surface area contributed by atoms with Gasteiger partial charge in [0.25, 0.3) is 5.56 Å². The average Bonchev–Trinajstić information content (AvgIpc) is 2.78. The van der Waals surface area contributed by atoms with E-state index in [4.69, 9.17) is 0 Å². The van der Waals surface area contributed by atoms with Crippen LogP contribution in [0.25, 0.3) is 10.2 Å². The summed E-state index contributed by atoms with van der Waals surface area (Å²) in [6.07, 6.45) is 2.23. The SMILES string of the molecule is CCCN(CCC)Cc1nc2ccsc2c(=O)[nH]1. The molecule has 2 aromatic heterocycles. The maximum absolute atomic E-state index is 11.9. The number of fused-ring (bicyclic) bond motifs is 1. The molecule has 0 spiro atoms. The van der Waals surface area contributed by atoms with E-state index in [-0.39, 0.29) is 5.56 Å². The molecule has 2 aromatic rings. The van der Waals surface area contributed by atoms with E-state index in [1.54, 1.807) is 0 Å². The monoisotopic (exact) mass is 265 g/mol. The van der Waals surface area contributed by atoms with Gasteiger partial charge >= 0.3 is 0 Å². The number of hydrogen-bond donors (Lipinski definition) is 1. The first kappa shape index (κ1) is 13.2. The standard InChI is InChI=1S/C13H19N3OS/c1-3-6-16(7-4-2)9-11-14-10-5-8-18-12(10)13(17)15-11/h5,8H,3-4,6-7,9H2,1-2H3,(H,14,15,17). The molecule has 0 fully saturated rings. The van der Waals surface area contributed by atoms with Gasteiger partial charge in [-0.2, -0.15) is 0 Å². The number of nitrogens with one attached hydrogen (secondary N) is 1.